The highest BCUT2D eigenvalue weighted by atomic mass is 16.3. The van der Waals surface area contributed by atoms with Crippen LogP contribution < -0.4 is 5.32 Å². The van der Waals surface area contributed by atoms with Crippen molar-refractivity contribution < 1.29 is 5.11 Å². The van der Waals surface area contributed by atoms with Crippen LogP contribution in [0.25, 0.3) is 0 Å². The molecule has 0 amide bonds. The fourth-order valence-electron chi connectivity index (χ4n) is 2.85. The normalized spacial score (nSPS) is 39.2. The van der Waals surface area contributed by atoms with Gasteiger partial charge in [-0.1, -0.05) is 0 Å². The van der Waals surface area contributed by atoms with E-state index in [1.807, 2.05) is 0 Å². The van der Waals surface area contributed by atoms with Gasteiger partial charge >= 0.3 is 0 Å². The third-order valence-electron chi connectivity index (χ3n) is 3.81. The van der Waals surface area contributed by atoms with Crippen molar-refractivity contribution in [3.63, 3.8) is 0 Å². The smallest absolute Gasteiger partial charge is 0.0695 e. The Kier molecular flexibility index (Phi) is 3.42. The molecular formula is C11H22N2O. The van der Waals surface area contributed by atoms with Crippen LogP contribution in [-0.4, -0.2) is 48.3 Å². The van der Waals surface area contributed by atoms with Crippen LogP contribution in [0.5, 0.6) is 0 Å². The molecule has 3 unspecified atom stereocenters. The minimum absolute atomic E-state index is 0.0815. The number of piperidine rings is 1. The molecule has 1 saturated carbocycles. The highest BCUT2D eigenvalue weighted by molar-refractivity contribution is 4.88. The SMILES string of the molecule is CN(C1CCCNC1)C1CCCC1O. The van der Waals surface area contributed by atoms with Crippen LogP contribution in [0.15, 0.2) is 0 Å². The Morgan fingerprint density at radius 3 is 2.64 bits per heavy atom. The Labute approximate surface area is 86.5 Å². The predicted molar refractivity (Wildman–Crippen MR) is 57.3 cm³/mol. The average molecular weight is 198 g/mol. The van der Waals surface area contributed by atoms with Gasteiger partial charge in [0.2, 0.25) is 0 Å². The lowest BCUT2D eigenvalue weighted by molar-refractivity contribution is 0.0538. The highest BCUT2D eigenvalue weighted by Gasteiger charge is 2.32. The van der Waals surface area contributed by atoms with Crippen molar-refractivity contribution in [1.82, 2.24) is 10.2 Å². The van der Waals surface area contributed by atoms with Crippen molar-refractivity contribution in [3.05, 3.63) is 0 Å². The second-order valence-corrected chi connectivity index (χ2v) is 4.73. The maximum absolute atomic E-state index is 9.83. The second kappa shape index (κ2) is 4.60. The molecule has 0 bridgehead atoms. The predicted octanol–water partition coefficient (Wildman–Crippen LogP) is 0.584. The lowest BCUT2D eigenvalue weighted by Gasteiger charge is -2.37. The average Bonchev–Trinajstić information content (AvgIpc) is 2.65. The number of nitrogens with one attached hydrogen (secondary N) is 1. The van der Waals surface area contributed by atoms with E-state index in [4.69, 9.17) is 0 Å². The third-order valence-corrected chi connectivity index (χ3v) is 3.81. The summed E-state index contributed by atoms with van der Waals surface area (Å²) in [6.07, 6.45) is 5.84. The van der Waals surface area contributed by atoms with Gasteiger partial charge < -0.3 is 10.4 Å². The Bertz CT molecular complexity index is 180. The molecule has 0 radical (unpaired) electrons. The van der Waals surface area contributed by atoms with E-state index in [2.05, 4.69) is 17.3 Å². The Morgan fingerprint density at radius 2 is 2.07 bits per heavy atom. The minimum Gasteiger partial charge on any atom is -0.391 e. The topological polar surface area (TPSA) is 35.5 Å². The molecule has 1 heterocycles. The van der Waals surface area contributed by atoms with Gasteiger partial charge in [0.15, 0.2) is 0 Å². The van der Waals surface area contributed by atoms with Gasteiger partial charge in [-0.3, -0.25) is 4.90 Å². The van der Waals surface area contributed by atoms with Crippen LogP contribution in [0.4, 0.5) is 0 Å². The van der Waals surface area contributed by atoms with Gasteiger partial charge in [0.05, 0.1) is 6.10 Å². The second-order valence-electron chi connectivity index (χ2n) is 4.73. The third kappa shape index (κ3) is 2.10. The van der Waals surface area contributed by atoms with E-state index in [9.17, 15) is 5.11 Å². The van der Waals surface area contributed by atoms with Crippen molar-refractivity contribution in [1.29, 1.82) is 0 Å². The molecule has 1 aliphatic heterocycles. The molecule has 2 N–H and O–H groups in total. The molecule has 0 aromatic heterocycles. The molecule has 1 saturated heterocycles. The van der Waals surface area contributed by atoms with Crippen LogP contribution in [0, 0.1) is 0 Å². The van der Waals surface area contributed by atoms with E-state index in [-0.39, 0.29) is 6.10 Å². The van der Waals surface area contributed by atoms with Crippen molar-refractivity contribution in [2.24, 2.45) is 0 Å². The van der Waals surface area contributed by atoms with Crippen molar-refractivity contribution >= 4 is 0 Å². The molecule has 2 fully saturated rings. The summed E-state index contributed by atoms with van der Waals surface area (Å²) >= 11 is 0. The molecule has 3 heteroatoms. The zero-order valence-corrected chi connectivity index (χ0v) is 9.08. The first-order valence-corrected chi connectivity index (χ1v) is 5.90. The quantitative estimate of drug-likeness (QED) is 0.681. The molecule has 82 valence electrons. The summed E-state index contributed by atoms with van der Waals surface area (Å²) in [7, 11) is 2.18. The van der Waals surface area contributed by atoms with Gasteiger partial charge in [0.25, 0.3) is 0 Å². The standard InChI is InChI=1S/C11H22N2O/c1-13(9-4-3-7-12-8-9)10-5-2-6-11(10)14/h9-12,14H,2-8H2,1H3. The summed E-state index contributed by atoms with van der Waals surface area (Å²) in [4.78, 5) is 2.41. The monoisotopic (exact) mass is 198 g/mol. The first-order valence-electron chi connectivity index (χ1n) is 5.90. The van der Waals surface area contributed by atoms with Crippen LogP contribution in [0.3, 0.4) is 0 Å². The fourth-order valence-corrected chi connectivity index (χ4v) is 2.85. The van der Waals surface area contributed by atoms with Crippen molar-refractivity contribution in [2.75, 3.05) is 20.1 Å². The first-order chi connectivity index (χ1) is 6.79. The van der Waals surface area contributed by atoms with Crippen molar-refractivity contribution in [2.45, 2.75) is 50.3 Å². The lowest BCUT2D eigenvalue weighted by Crippen LogP contribution is -2.50. The number of likely N-dealkylation sites (N-methyl/N-ethyl adjacent to an activating group) is 1. The van der Waals surface area contributed by atoms with Gasteiger partial charge in [-0.25, -0.2) is 0 Å². The van der Waals surface area contributed by atoms with E-state index in [0.717, 1.165) is 19.5 Å². The number of aliphatic hydroxyl groups excluding tert-OH is 1. The molecule has 3 nitrogen and oxygen atoms in total. The summed E-state index contributed by atoms with van der Waals surface area (Å²) in [5.74, 6) is 0. The number of aliphatic hydroxyl groups is 1. The van der Waals surface area contributed by atoms with E-state index in [1.54, 1.807) is 0 Å². The summed E-state index contributed by atoms with van der Waals surface area (Å²) in [5, 5.41) is 13.3. The summed E-state index contributed by atoms with van der Waals surface area (Å²) in [5.41, 5.74) is 0. The zero-order chi connectivity index (χ0) is 9.97. The van der Waals surface area contributed by atoms with Gasteiger partial charge in [-0.05, 0) is 45.7 Å². The molecule has 3 atom stereocenters. The molecule has 0 spiro atoms. The molecule has 0 aromatic carbocycles. The Morgan fingerprint density at radius 1 is 1.21 bits per heavy atom. The Hall–Kier alpha value is -0.120. The van der Waals surface area contributed by atoms with Gasteiger partial charge in [-0.15, -0.1) is 0 Å². The molecule has 0 aromatic rings. The van der Waals surface area contributed by atoms with Gasteiger partial charge in [-0.2, -0.15) is 0 Å². The number of hydrogen-bond acceptors (Lipinski definition) is 3. The van der Waals surface area contributed by atoms with Crippen LogP contribution in [0.1, 0.15) is 32.1 Å². The minimum atomic E-state index is -0.0815. The fraction of sp³-hybridized carbons (Fsp3) is 1.00. The maximum atomic E-state index is 9.83. The maximum Gasteiger partial charge on any atom is 0.0695 e. The van der Waals surface area contributed by atoms with Crippen molar-refractivity contribution in [3.8, 4) is 0 Å². The molecule has 1 aliphatic carbocycles. The summed E-state index contributed by atoms with van der Waals surface area (Å²) in [6.45, 7) is 2.26. The van der Waals surface area contributed by atoms with E-state index in [1.165, 1.54) is 25.7 Å². The van der Waals surface area contributed by atoms with Crippen LogP contribution in [-0.2, 0) is 0 Å². The van der Waals surface area contributed by atoms with Crippen LogP contribution in [0.2, 0.25) is 0 Å². The van der Waals surface area contributed by atoms with E-state index >= 15 is 0 Å². The van der Waals surface area contributed by atoms with Crippen LogP contribution >= 0.6 is 0 Å². The number of nitrogens with zero attached hydrogens (tertiary/aromatic N) is 1. The summed E-state index contributed by atoms with van der Waals surface area (Å²) in [6, 6.07) is 1.06. The number of rotatable bonds is 2. The zero-order valence-electron chi connectivity index (χ0n) is 9.08. The molecular weight excluding hydrogens is 176 g/mol. The number of hydrogen-bond donors (Lipinski definition) is 2. The van der Waals surface area contributed by atoms with Gasteiger partial charge in [0.1, 0.15) is 0 Å². The lowest BCUT2D eigenvalue weighted by atomic mass is 10.0. The molecule has 2 aliphatic rings. The molecule has 2 rings (SSSR count). The highest BCUT2D eigenvalue weighted by Crippen LogP contribution is 2.25. The Balaban J connectivity index is 1.89. The largest absolute Gasteiger partial charge is 0.391 e. The van der Waals surface area contributed by atoms with Gasteiger partial charge in [0, 0.05) is 18.6 Å². The molecule has 14 heavy (non-hydrogen) atoms. The summed E-state index contributed by atoms with van der Waals surface area (Å²) < 4.78 is 0. The first kappa shape index (κ1) is 10.4. The van der Waals surface area contributed by atoms with E-state index in [0.29, 0.717) is 12.1 Å². The van der Waals surface area contributed by atoms with E-state index < -0.39 is 0 Å².